The normalized spacial score (nSPS) is 17.2. The van der Waals surface area contributed by atoms with Crippen LogP contribution in [0.2, 0.25) is 0 Å². The van der Waals surface area contributed by atoms with Crippen molar-refractivity contribution in [2.24, 2.45) is 0 Å². The predicted octanol–water partition coefficient (Wildman–Crippen LogP) is 3.54. The van der Waals surface area contributed by atoms with E-state index in [2.05, 4.69) is 15.0 Å². The molecule has 0 saturated carbocycles. The topological polar surface area (TPSA) is 51.8 Å². The van der Waals surface area contributed by atoms with E-state index in [1.54, 1.807) is 30.7 Å². The van der Waals surface area contributed by atoms with Gasteiger partial charge in [-0.05, 0) is 30.0 Å². The molecule has 0 amide bonds. The summed E-state index contributed by atoms with van der Waals surface area (Å²) in [6, 6.07) is 6.82. The molecule has 2 heterocycles. The molecule has 0 N–H and O–H groups in total. The maximum absolute atomic E-state index is 13.4. The zero-order chi connectivity index (χ0) is 14.9. The Kier molecular flexibility index (Phi) is 3.18. The Balaban J connectivity index is 1.63. The first-order valence-electron chi connectivity index (χ1n) is 7.30. The maximum Gasteiger partial charge on any atom is 0.247 e. The number of halogens is 1. The summed E-state index contributed by atoms with van der Waals surface area (Å²) in [5.41, 5.74) is 2.61. The average molecular weight is 295 g/mol. The van der Waals surface area contributed by atoms with Crippen molar-refractivity contribution in [1.82, 2.24) is 15.0 Å². The van der Waals surface area contributed by atoms with Gasteiger partial charge in [0.25, 0.3) is 0 Å². The smallest absolute Gasteiger partial charge is 0.247 e. The Bertz CT molecular complexity index is 801. The largest absolute Gasteiger partial charge is 0.440 e. The second-order valence-electron chi connectivity index (χ2n) is 5.47. The van der Waals surface area contributed by atoms with Crippen LogP contribution >= 0.6 is 0 Å². The van der Waals surface area contributed by atoms with E-state index in [0.717, 1.165) is 36.3 Å². The van der Waals surface area contributed by atoms with Gasteiger partial charge >= 0.3 is 0 Å². The fourth-order valence-corrected chi connectivity index (χ4v) is 2.94. The van der Waals surface area contributed by atoms with E-state index < -0.39 is 0 Å². The molecule has 4 nitrogen and oxygen atoms in total. The number of nitrogens with zero attached hydrogens (tertiary/aromatic N) is 3. The molecular formula is C17H14FN3O. The van der Waals surface area contributed by atoms with Crippen LogP contribution in [0.5, 0.6) is 0 Å². The summed E-state index contributed by atoms with van der Waals surface area (Å²) in [4.78, 5) is 12.8. The van der Waals surface area contributed by atoms with Crippen LogP contribution in [0, 0.1) is 5.82 Å². The van der Waals surface area contributed by atoms with Crippen LogP contribution in [0.3, 0.4) is 0 Å². The van der Waals surface area contributed by atoms with Gasteiger partial charge in [-0.25, -0.2) is 14.4 Å². The molecule has 2 aromatic heterocycles. The molecule has 1 unspecified atom stereocenters. The van der Waals surface area contributed by atoms with Crippen molar-refractivity contribution < 1.29 is 8.81 Å². The number of oxazole rings is 1. The Hall–Kier alpha value is -2.56. The SMILES string of the molecule is Fc1cccc(C2CCc3oc(-c4cnccn4)nc3C2)c1. The lowest BCUT2D eigenvalue weighted by Crippen LogP contribution is -2.12. The molecule has 0 aliphatic heterocycles. The van der Waals surface area contributed by atoms with E-state index in [0.29, 0.717) is 11.6 Å². The lowest BCUT2D eigenvalue weighted by molar-refractivity contribution is 0.463. The van der Waals surface area contributed by atoms with Crippen molar-refractivity contribution in [2.45, 2.75) is 25.2 Å². The first-order valence-corrected chi connectivity index (χ1v) is 7.30. The number of hydrogen-bond acceptors (Lipinski definition) is 4. The molecular weight excluding hydrogens is 281 g/mol. The van der Waals surface area contributed by atoms with Crippen molar-refractivity contribution in [1.29, 1.82) is 0 Å². The highest BCUT2D eigenvalue weighted by Gasteiger charge is 2.26. The third-order valence-corrected chi connectivity index (χ3v) is 4.04. The molecule has 1 aromatic carbocycles. The summed E-state index contributed by atoms with van der Waals surface area (Å²) in [5, 5.41) is 0. The van der Waals surface area contributed by atoms with Crippen molar-refractivity contribution in [3.8, 4) is 11.6 Å². The molecule has 0 bridgehead atoms. The predicted molar refractivity (Wildman–Crippen MR) is 78.7 cm³/mol. The van der Waals surface area contributed by atoms with Gasteiger partial charge in [0.15, 0.2) is 0 Å². The van der Waals surface area contributed by atoms with E-state index in [1.165, 1.54) is 6.07 Å². The molecule has 110 valence electrons. The van der Waals surface area contributed by atoms with E-state index >= 15 is 0 Å². The summed E-state index contributed by atoms with van der Waals surface area (Å²) in [7, 11) is 0. The number of benzene rings is 1. The van der Waals surface area contributed by atoms with E-state index in [1.807, 2.05) is 6.07 Å². The fraction of sp³-hybridized carbons (Fsp3) is 0.235. The van der Waals surface area contributed by atoms with Crippen LogP contribution in [0.15, 0.2) is 47.3 Å². The lowest BCUT2D eigenvalue weighted by Gasteiger charge is -2.20. The van der Waals surface area contributed by atoms with Gasteiger partial charge in [0.05, 0.1) is 11.9 Å². The Labute approximate surface area is 127 Å². The van der Waals surface area contributed by atoms with Gasteiger partial charge in [-0.15, -0.1) is 0 Å². The third-order valence-electron chi connectivity index (χ3n) is 4.04. The summed E-state index contributed by atoms with van der Waals surface area (Å²) in [6.07, 6.45) is 7.39. The Morgan fingerprint density at radius 2 is 2.18 bits per heavy atom. The molecule has 22 heavy (non-hydrogen) atoms. The second kappa shape index (κ2) is 5.33. The van der Waals surface area contributed by atoms with Gasteiger partial charge < -0.3 is 4.42 Å². The van der Waals surface area contributed by atoms with E-state index in [4.69, 9.17) is 4.42 Å². The molecule has 5 heteroatoms. The van der Waals surface area contributed by atoms with Crippen LogP contribution in [0.1, 0.15) is 29.4 Å². The number of hydrogen-bond donors (Lipinski definition) is 0. The van der Waals surface area contributed by atoms with Crippen LogP contribution < -0.4 is 0 Å². The van der Waals surface area contributed by atoms with Crippen molar-refractivity contribution in [3.63, 3.8) is 0 Å². The highest BCUT2D eigenvalue weighted by atomic mass is 19.1. The van der Waals surface area contributed by atoms with Crippen molar-refractivity contribution in [2.75, 3.05) is 0 Å². The van der Waals surface area contributed by atoms with Crippen molar-refractivity contribution in [3.05, 3.63) is 65.7 Å². The average Bonchev–Trinajstić information content (AvgIpc) is 2.99. The van der Waals surface area contributed by atoms with Gasteiger partial charge in [0, 0.05) is 25.2 Å². The van der Waals surface area contributed by atoms with Crippen molar-refractivity contribution >= 4 is 0 Å². The van der Waals surface area contributed by atoms with Gasteiger partial charge in [-0.2, -0.15) is 0 Å². The number of fused-ring (bicyclic) bond motifs is 1. The molecule has 4 rings (SSSR count). The Morgan fingerprint density at radius 3 is 3.00 bits per heavy atom. The fourth-order valence-electron chi connectivity index (χ4n) is 2.94. The van der Waals surface area contributed by atoms with Crippen LogP contribution in [0.25, 0.3) is 11.6 Å². The van der Waals surface area contributed by atoms with Crippen LogP contribution in [-0.4, -0.2) is 15.0 Å². The first-order chi connectivity index (χ1) is 10.8. The standard InChI is InChI=1S/C17H14FN3O/c18-13-3-1-2-11(8-13)12-4-5-16-14(9-12)21-17(22-16)15-10-19-6-7-20-15/h1-3,6-8,10,12H,4-5,9H2. The van der Waals surface area contributed by atoms with Gasteiger partial charge in [-0.3, -0.25) is 4.98 Å². The first kappa shape index (κ1) is 13.1. The van der Waals surface area contributed by atoms with E-state index in [9.17, 15) is 4.39 Å². The van der Waals surface area contributed by atoms with Gasteiger partial charge in [-0.1, -0.05) is 12.1 Å². The zero-order valence-electron chi connectivity index (χ0n) is 11.9. The zero-order valence-corrected chi connectivity index (χ0v) is 11.9. The summed E-state index contributed by atoms with van der Waals surface area (Å²) in [5.74, 6) is 1.51. The Morgan fingerprint density at radius 1 is 1.23 bits per heavy atom. The number of aryl methyl sites for hydroxylation is 1. The minimum absolute atomic E-state index is 0.191. The monoisotopic (exact) mass is 295 g/mol. The van der Waals surface area contributed by atoms with E-state index in [-0.39, 0.29) is 11.7 Å². The summed E-state index contributed by atoms with van der Waals surface area (Å²) < 4.78 is 19.2. The molecule has 0 saturated heterocycles. The van der Waals surface area contributed by atoms with Crippen LogP contribution in [0.4, 0.5) is 4.39 Å². The summed E-state index contributed by atoms with van der Waals surface area (Å²) in [6.45, 7) is 0. The molecule has 0 spiro atoms. The highest BCUT2D eigenvalue weighted by molar-refractivity contribution is 5.46. The minimum atomic E-state index is -0.191. The number of aromatic nitrogens is 3. The third kappa shape index (κ3) is 2.39. The van der Waals surface area contributed by atoms with Gasteiger partial charge in [0.1, 0.15) is 17.3 Å². The molecule has 1 aliphatic carbocycles. The molecule has 1 aliphatic rings. The highest BCUT2D eigenvalue weighted by Crippen LogP contribution is 2.34. The second-order valence-corrected chi connectivity index (χ2v) is 5.47. The minimum Gasteiger partial charge on any atom is -0.440 e. The molecule has 0 fully saturated rings. The van der Waals surface area contributed by atoms with Gasteiger partial charge in [0.2, 0.25) is 5.89 Å². The molecule has 0 radical (unpaired) electrons. The quantitative estimate of drug-likeness (QED) is 0.725. The number of rotatable bonds is 2. The molecule has 1 atom stereocenters. The van der Waals surface area contributed by atoms with Crippen LogP contribution in [-0.2, 0) is 12.8 Å². The summed E-state index contributed by atoms with van der Waals surface area (Å²) >= 11 is 0. The maximum atomic E-state index is 13.4. The lowest BCUT2D eigenvalue weighted by atomic mass is 9.85. The molecule has 3 aromatic rings.